The summed E-state index contributed by atoms with van der Waals surface area (Å²) in [6.07, 6.45) is 8.64. The Morgan fingerprint density at radius 1 is 1.30 bits per heavy atom. The number of aliphatic hydroxyl groups is 1. The number of phenolic OH excluding ortho intramolecular Hbond substituents is 1. The second kappa shape index (κ2) is 10.9. The van der Waals surface area contributed by atoms with E-state index in [1.54, 1.807) is 19.1 Å². The molecule has 0 spiro atoms. The summed E-state index contributed by atoms with van der Waals surface area (Å²) in [5, 5.41) is 21.8. The summed E-state index contributed by atoms with van der Waals surface area (Å²) in [6.45, 7) is 4.42. The van der Waals surface area contributed by atoms with Crippen LogP contribution in [0.15, 0.2) is 48.1 Å². The molecule has 0 bridgehead atoms. The Kier molecular flexibility index (Phi) is 8.55. The minimum Gasteiger partial charge on any atom is -0.508 e. The Balaban J connectivity index is 1.88. The first-order chi connectivity index (χ1) is 12.9. The Labute approximate surface area is 161 Å². The van der Waals surface area contributed by atoms with Crippen molar-refractivity contribution in [2.45, 2.75) is 51.7 Å². The van der Waals surface area contributed by atoms with E-state index in [1.807, 2.05) is 12.1 Å². The summed E-state index contributed by atoms with van der Waals surface area (Å²) in [5.74, 6) is 0.709. The Hall–Kier alpha value is -2.11. The van der Waals surface area contributed by atoms with E-state index in [0.717, 1.165) is 18.4 Å². The van der Waals surface area contributed by atoms with E-state index in [0.29, 0.717) is 25.4 Å². The second-order valence-corrected chi connectivity index (χ2v) is 7.33. The van der Waals surface area contributed by atoms with Crippen molar-refractivity contribution in [3.8, 4) is 5.75 Å². The molecule has 3 N–H and O–H groups in total. The highest BCUT2D eigenvalue weighted by Crippen LogP contribution is 2.23. The molecule has 0 radical (unpaired) electrons. The fraction of sp³-hybridized carbons (Fsp3) is 0.500. The van der Waals surface area contributed by atoms with Crippen molar-refractivity contribution in [3.05, 3.63) is 53.6 Å². The summed E-state index contributed by atoms with van der Waals surface area (Å²) >= 11 is 0. The molecule has 2 rings (SSSR count). The molecule has 0 aliphatic heterocycles. The van der Waals surface area contributed by atoms with Crippen LogP contribution in [-0.4, -0.2) is 41.5 Å². The van der Waals surface area contributed by atoms with E-state index in [4.69, 9.17) is 4.74 Å². The summed E-state index contributed by atoms with van der Waals surface area (Å²) in [6, 6.07) is 6.76. The average molecular weight is 373 g/mol. The number of ether oxygens (including phenoxy) is 1. The van der Waals surface area contributed by atoms with Crippen LogP contribution in [0.4, 0.5) is 0 Å². The smallest absolute Gasteiger partial charge is 0.220 e. The molecule has 1 aliphatic rings. The van der Waals surface area contributed by atoms with E-state index in [2.05, 4.69) is 30.5 Å². The van der Waals surface area contributed by atoms with E-state index >= 15 is 0 Å². The molecular weight excluding hydrogens is 342 g/mol. The summed E-state index contributed by atoms with van der Waals surface area (Å²) in [4.78, 5) is 12.4. The van der Waals surface area contributed by atoms with Gasteiger partial charge >= 0.3 is 0 Å². The fourth-order valence-corrected chi connectivity index (χ4v) is 3.13. The number of rotatable bonds is 10. The molecule has 0 saturated heterocycles. The molecule has 0 aromatic heterocycles. The topological polar surface area (TPSA) is 78.8 Å². The zero-order chi connectivity index (χ0) is 19.6. The van der Waals surface area contributed by atoms with Crippen LogP contribution < -0.4 is 5.32 Å². The van der Waals surface area contributed by atoms with Crippen LogP contribution in [0, 0.1) is 5.92 Å². The van der Waals surface area contributed by atoms with E-state index in [-0.39, 0.29) is 24.3 Å². The number of hydrogen-bond donors (Lipinski definition) is 3. The van der Waals surface area contributed by atoms with Crippen LogP contribution >= 0.6 is 0 Å². The number of aromatic hydroxyl groups is 1. The van der Waals surface area contributed by atoms with Gasteiger partial charge in [-0.05, 0) is 49.8 Å². The minimum atomic E-state index is -0.539. The molecule has 5 heteroatoms. The SMILES string of the molecule is CC(O)COCC(Cc1ccc(O)cc1)NC(=O)CCC1=CC=CCC1C. The van der Waals surface area contributed by atoms with Crippen molar-refractivity contribution in [2.75, 3.05) is 13.2 Å². The number of benzene rings is 1. The predicted octanol–water partition coefficient (Wildman–Crippen LogP) is 3.12. The average Bonchev–Trinajstić information content (AvgIpc) is 2.62. The van der Waals surface area contributed by atoms with Crippen molar-refractivity contribution in [3.63, 3.8) is 0 Å². The van der Waals surface area contributed by atoms with Crippen LogP contribution in [0.1, 0.15) is 38.7 Å². The van der Waals surface area contributed by atoms with Crippen molar-refractivity contribution >= 4 is 5.91 Å². The van der Waals surface area contributed by atoms with Gasteiger partial charge in [0, 0.05) is 6.42 Å². The molecule has 1 aromatic rings. The molecular formula is C22H31NO4. The highest BCUT2D eigenvalue weighted by Gasteiger charge is 2.16. The lowest BCUT2D eigenvalue weighted by molar-refractivity contribution is -0.122. The van der Waals surface area contributed by atoms with Gasteiger partial charge < -0.3 is 20.3 Å². The van der Waals surface area contributed by atoms with Gasteiger partial charge in [0.05, 0.1) is 25.4 Å². The zero-order valence-electron chi connectivity index (χ0n) is 16.2. The molecule has 1 aliphatic carbocycles. The Morgan fingerprint density at radius 3 is 2.70 bits per heavy atom. The third kappa shape index (κ3) is 7.97. The molecule has 27 heavy (non-hydrogen) atoms. The molecule has 3 unspecified atom stereocenters. The van der Waals surface area contributed by atoms with Crippen molar-refractivity contribution < 1.29 is 19.7 Å². The van der Waals surface area contributed by atoms with Crippen molar-refractivity contribution in [1.29, 1.82) is 0 Å². The number of nitrogens with one attached hydrogen (secondary N) is 1. The highest BCUT2D eigenvalue weighted by molar-refractivity contribution is 5.76. The van der Waals surface area contributed by atoms with E-state index in [9.17, 15) is 15.0 Å². The van der Waals surface area contributed by atoms with Crippen LogP contribution in [-0.2, 0) is 16.0 Å². The maximum atomic E-state index is 12.4. The standard InChI is InChI=1S/C22H31NO4/c1-16-5-3-4-6-19(16)9-12-22(26)23-20(15-27-14-17(2)24)13-18-7-10-21(25)11-8-18/h3-4,6-8,10-11,16-17,20,24-25H,5,9,12-15H2,1-2H3,(H,23,26). The normalized spacial score (nSPS) is 18.6. The molecule has 5 nitrogen and oxygen atoms in total. The van der Waals surface area contributed by atoms with Gasteiger partial charge in [-0.1, -0.05) is 42.9 Å². The van der Waals surface area contributed by atoms with E-state index < -0.39 is 6.10 Å². The second-order valence-electron chi connectivity index (χ2n) is 7.33. The molecule has 0 heterocycles. The molecule has 0 saturated carbocycles. The van der Waals surface area contributed by atoms with Gasteiger partial charge in [0.1, 0.15) is 5.75 Å². The van der Waals surface area contributed by atoms with E-state index in [1.165, 1.54) is 5.57 Å². The lowest BCUT2D eigenvalue weighted by Crippen LogP contribution is -2.40. The van der Waals surface area contributed by atoms with Crippen molar-refractivity contribution in [2.24, 2.45) is 5.92 Å². The van der Waals surface area contributed by atoms with Crippen LogP contribution in [0.3, 0.4) is 0 Å². The lowest BCUT2D eigenvalue weighted by Gasteiger charge is -2.21. The summed E-state index contributed by atoms with van der Waals surface area (Å²) < 4.78 is 5.53. The van der Waals surface area contributed by atoms with Gasteiger partial charge in [0.15, 0.2) is 0 Å². The first-order valence-corrected chi connectivity index (χ1v) is 9.62. The maximum Gasteiger partial charge on any atom is 0.220 e. The van der Waals surface area contributed by atoms with Gasteiger partial charge in [0.25, 0.3) is 0 Å². The predicted molar refractivity (Wildman–Crippen MR) is 106 cm³/mol. The summed E-state index contributed by atoms with van der Waals surface area (Å²) in [5.41, 5.74) is 2.32. The van der Waals surface area contributed by atoms with Crippen molar-refractivity contribution in [1.82, 2.24) is 5.32 Å². The third-order valence-corrected chi connectivity index (χ3v) is 4.67. The van der Waals surface area contributed by atoms with Gasteiger partial charge in [-0.15, -0.1) is 0 Å². The van der Waals surface area contributed by atoms with Crippen LogP contribution in [0.2, 0.25) is 0 Å². The number of phenols is 1. The Morgan fingerprint density at radius 2 is 2.04 bits per heavy atom. The van der Waals surface area contributed by atoms with Crippen LogP contribution in [0.5, 0.6) is 5.75 Å². The van der Waals surface area contributed by atoms with Gasteiger partial charge in [-0.3, -0.25) is 4.79 Å². The molecule has 1 aromatic carbocycles. The third-order valence-electron chi connectivity index (χ3n) is 4.67. The highest BCUT2D eigenvalue weighted by atomic mass is 16.5. The molecule has 3 atom stereocenters. The minimum absolute atomic E-state index is 0.00192. The maximum absolute atomic E-state index is 12.4. The number of carbonyl (C=O) groups is 1. The zero-order valence-corrected chi connectivity index (χ0v) is 16.2. The lowest BCUT2D eigenvalue weighted by atomic mass is 9.90. The number of amides is 1. The molecule has 1 amide bonds. The quantitative estimate of drug-likeness (QED) is 0.589. The molecule has 148 valence electrons. The number of aliphatic hydroxyl groups excluding tert-OH is 1. The number of hydrogen-bond acceptors (Lipinski definition) is 4. The summed E-state index contributed by atoms with van der Waals surface area (Å²) in [7, 11) is 0. The van der Waals surface area contributed by atoms with Crippen LogP contribution in [0.25, 0.3) is 0 Å². The number of allylic oxidation sites excluding steroid dienone is 4. The van der Waals surface area contributed by atoms with Gasteiger partial charge in [0.2, 0.25) is 5.91 Å². The largest absolute Gasteiger partial charge is 0.508 e. The van der Waals surface area contributed by atoms with Gasteiger partial charge in [-0.25, -0.2) is 0 Å². The monoisotopic (exact) mass is 373 g/mol. The first kappa shape index (κ1) is 21.2. The number of carbonyl (C=O) groups excluding carboxylic acids is 1. The Bertz CT molecular complexity index is 649. The molecule has 0 fully saturated rings. The first-order valence-electron chi connectivity index (χ1n) is 9.62. The van der Waals surface area contributed by atoms with Gasteiger partial charge in [-0.2, -0.15) is 0 Å². The fourth-order valence-electron chi connectivity index (χ4n) is 3.13.